The van der Waals surface area contributed by atoms with Crippen LogP contribution in [0.5, 0.6) is 0 Å². The minimum atomic E-state index is -2.00. The molecule has 0 aliphatic rings. The predicted molar refractivity (Wildman–Crippen MR) is 126 cm³/mol. The van der Waals surface area contributed by atoms with E-state index in [1.54, 1.807) is 0 Å². The van der Waals surface area contributed by atoms with E-state index in [0.29, 0.717) is 0 Å². The summed E-state index contributed by atoms with van der Waals surface area (Å²) in [6, 6.07) is 0. The van der Waals surface area contributed by atoms with E-state index in [1.807, 2.05) is 33.8 Å². The van der Waals surface area contributed by atoms with Crippen molar-refractivity contribution in [1.29, 1.82) is 0 Å². The summed E-state index contributed by atoms with van der Waals surface area (Å²) in [6.07, 6.45) is 6.73. The van der Waals surface area contributed by atoms with Gasteiger partial charge in [0.25, 0.3) is 0 Å². The van der Waals surface area contributed by atoms with E-state index in [-0.39, 0.29) is 29.8 Å². The Labute approximate surface area is 184 Å². The lowest BCUT2D eigenvalue weighted by Gasteiger charge is -2.38. The van der Waals surface area contributed by atoms with Crippen LogP contribution in [0.4, 0.5) is 0 Å². The Hall–Kier alpha value is -1.66. The van der Waals surface area contributed by atoms with Gasteiger partial charge in [0.15, 0.2) is 14.1 Å². The van der Waals surface area contributed by atoms with Crippen molar-refractivity contribution in [2.45, 2.75) is 98.4 Å². The molecule has 172 valence electrons. The SMILES string of the molecule is CC(C)=CCC/C(C)=C/CC(C(=O)O)/C(O)=C\C(=O)CC(C)O[Si](C)(C)C(C)(C)C. The summed E-state index contributed by atoms with van der Waals surface area (Å²) in [6.45, 7) is 18.5. The molecule has 5 nitrogen and oxygen atoms in total. The first-order chi connectivity index (χ1) is 13.6. The number of aliphatic hydroxyl groups excluding tert-OH is 1. The molecule has 0 rings (SSSR count). The Morgan fingerprint density at radius 1 is 1.07 bits per heavy atom. The lowest BCUT2D eigenvalue weighted by atomic mass is 9.98. The zero-order valence-corrected chi connectivity index (χ0v) is 21.3. The smallest absolute Gasteiger partial charge is 0.314 e. The predicted octanol–water partition coefficient (Wildman–Crippen LogP) is 6.58. The van der Waals surface area contributed by atoms with Crippen molar-refractivity contribution >= 4 is 20.1 Å². The molecule has 30 heavy (non-hydrogen) atoms. The summed E-state index contributed by atoms with van der Waals surface area (Å²) in [5.41, 5.74) is 2.31. The fraction of sp³-hybridized carbons (Fsp3) is 0.667. The molecule has 2 unspecified atom stereocenters. The van der Waals surface area contributed by atoms with Crippen molar-refractivity contribution in [1.82, 2.24) is 0 Å². The highest BCUT2D eigenvalue weighted by Crippen LogP contribution is 2.37. The molecule has 0 radical (unpaired) electrons. The average Bonchev–Trinajstić information content (AvgIpc) is 2.52. The Kier molecular flexibility index (Phi) is 11.6. The molecular weight excluding hydrogens is 396 g/mol. The molecular formula is C24H42O5Si. The third-order valence-corrected chi connectivity index (χ3v) is 10.2. The zero-order chi connectivity index (χ0) is 23.7. The quantitative estimate of drug-likeness (QED) is 0.156. The number of allylic oxidation sites excluding steroid dienone is 5. The third-order valence-electron chi connectivity index (χ3n) is 5.55. The molecule has 6 heteroatoms. The van der Waals surface area contributed by atoms with Crippen molar-refractivity contribution < 1.29 is 24.2 Å². The Bertz CT molecular complexity index is 676. The van der Waals surface area contributed by atoms with Crippen LogP contribution in [0.15, 0.2) is 35.1 Å². The molecule has 2 N–H and O–H groups in total. The number of carboxylic acids is 1. The fourth-order valence-electron chi connectivity index (χ4n) is 2.69. The van der Waals surface area contributed by atoms with E-state index in [4.69, 9.17) is 4.43 Å². The highest BCUT2D eigenvalue weighted by molar-refractivity contribution is 6.74. The maximum Gasteiger partial charge on any atom is 0.314 e. The molecule has 0 aliphatic heterocycles. The third kappa shape index (κ3) is 10.9. The Balaban J connectivity index is 5.02. The second-order valence-corrected chi connectivity index (χ2v) is 14.7. The summed E-state index contributed by atoms with van der Waals surface area (Å²) in [4.78, 5) is 23.9. The Morgan fingerprint density at radius 2 is 1.63 bits per heavy atom. The maximum absolute atomic E-state index is 12.4. The van der Waals surface area contributed by atoms with Crippen LogP contribution in [0, 0.1) is 5.92 Å². The van der Waals surface area contributed by atoms with Gasteiger partial charge in [-0.15, -0.1) is 0 Å². The number of carbonyl (C=O) groups excluding carboxylic acids is 1. The van der Waals surface area contributed by atoms with Crippen molar-refractivity contribution in [2.75, 3.05) is 0 Å². The van der Waals surface area contributed by atoms with E-state index in [2.05, 4.69) is 39.9 Å². The van der Waals surface area contributed by atoms with Gasteiger partial charge < -0.3 is 14.6 Å². The van der Waals surface area contributed by atoms with Crippen LogP contribution in [-0.4, -0.2) is 36.4 Å². The highest BCUT2D eigenvalue weighted by atomic mass is 28.4. The molecule has 0 aromatic heterocycles. The molecule has 0 aromatic rings. The molecule has 0 aromatic carbocycles. The van der Waals surface area contributed by atoms with Crippen LogP contribution < -0.4 is 0 Å². The molecule has 0 aliphatic carbocycles. The molecule has 0 heterocycles. The summed E-state index contributed by atoms with van der Waals surface area (Å²) in [5.74, 6) is -2.99. The molecule has 0 spiro atoms. The molecule has 0 saturated carbocycles. The Morgan fingerprint density at radius 3 is 2.10 bits per heavy atom. The highest BCUT2D eigenvalue weighted by Gasteiger charge is 2.38. The van der Waals surface area contributed by atoms with Crippen LogP contribution in [0.2, 0.25) is 18.1 Å². The van der Waals surface area contributed by atoms with Gasteiger partial charge in [0.1, 0.15) is 11.7 Å². The van der Waals surface area contributed by atoms with Crippen molar-refractivity contribution in [3.63, 3.8) is 0 Å². The fourth-order valence-corrected chi connectivity index (χ4v) is 4.13. The van der Waals surface area contributed by atoms with Gasteiger partial charge in [-0.1, -0.05) is 44.1 Å². The zero-order valence-electron chi connectivity index (χ0n) is 20.3. The first-order valence-electron chi connectivity index (χ1n) is 10.7. The van der Waals surface area contributed by atoms with E-state index in [0.717, 1.165) is 24.5 Å². The second kappa shape index (κ2) is 12.3. The van der Waals surface area contributed by atoms with Crippen molar-refractivity contribution in [2.24, 2.45) is 5.92 Å². The van der Waals surface area contributed by atoms with E-state index in [9.17, 15) is 19.8 Å². The van der Waals surface area contributed by atoms with E-state index < -0.39 is 26.0 Å². The van der Waals surface area contributed by atoms with Gasteiger partial charge in [-0.3, -0.25) is 9.59 Å². The molecule has 0 bridgehead atoms. The normalized spacial score (nSPS) is 15.5. The minimum Gasteiger partial charge on any atom is -0.511 e. The van der Waals surface area contributed by atoms with Gasteiger partial charge in [-0.25, -0.2) is 0 Å². The standard InChI is InChI=1S/C24H42O5Si/c1-17(2)11-10-12-18(3)13-14-21(23(27)28)22(26)16-20(25)15-19(4)29-30(8,9)24(5,6)7/h11,13,16,19,21,26H,10,12,14-15H2,1-9H3,(H,27,28)/b18-13+,22-16+. The number of ketones is 1. The van der Waals surface area contributed by atoms with Gasteiger partial charge in [0.2, 0.25) is 0 Å². The van der Waals surface area contributed by atoms with Crippen molar-refractivity contribution in [3.05, 3.63) is 35.1 Å². The molecule has 0 fully saturated rings. The minimum absolute atomic E-state index is 0.0342. The second-order valence-electron chi connectivity index (χ2n) is 9.93. The molecule has 0 amide bonds. The van der Waals surface area contributed by atoms with Crippen LogP contribution in [0.1, 0.15) is 74.1 Å². The van der Waals surface area contributed by atoms with Crippen molar-refractivity contribution in [3.8, 4) is 0 Å². The monoisotopic (exact) mass is 438 g/mol. The average molecular weight is 439 g/mol. The number of aliphatic carboxylic acids is 1. The number of carbonyl (C=O) groups is 2. The summed E-state index contributed by atoms with van der Waals surface area (Å²) in [7, 11) is -2.00. The van der Waals surface area contributed by atoms with Gasteiger partial charge in [0.05, 0.1) is 0 Å². The number of hydrogen-bond acceptors (Lipinski definition) is 4. The van der Waals surface area contributed by atoms with Crippen LogP contribution in [0.25, 0.3) is 0 Å². The summed E-state index contributed by atoms with van der Waals surface area (Å²) >= 11 is 0. The molecule has 0 saturated heterocycles. The number of hydrogen-bond donors (Lipinski definition) is 2. The number of rotatable bonds is 12. The number of carboxylic acid groups (broad SMARTS) is 1. The number of aliphatic hydroxyl groups is 1. The lowest BCUT2D eigenvalue weighted by molar-refractivity contribution is -0.141. The van der Waals surface area contributed by atoms with Gasteiger partial charge >= 0.3 is 5.97 Å². The van der Waals surface area contributed by atoms with Crippen LogP contribution in [-0.2, 0) is 14.0 Å². The van der Waals surface area contributed by atoms with E-state index >= 15 is 0 Å². The van der Waals surface area contributed by atoms with Gasteiger partial charge in [-0.2, -0.15) is 0 Å². The molecule has 2 atom stereocenters. The first-order valence-corrected chi connectivity index (χ1v) is 13.6. The summed E-state index contributed by atoms with van der Waals surface area (Å²) in [5, 5.41) is 19.8. The van der Waals surface area contributed by atoms with Crippen LogP contribution in [0.3, 0.4) is 0 Å². The van der Waals surface area contributed by atoms with E-state index in [1.165, 1.54) is 5.57 Å². The van der Waals surface area contributed by atoms with Crippen LogP contribution >= 0.6 is 0 Å². The van der Waals surface area contributed by atoms with Gasteiger partial charge in [0, 0.05) is 18.6 Å². The largest absolute Gasteiger partial charge is 0.511 e. The van der Waals surface area contributed by atoms with Gasteiger partial charge in [-0.05, 0) is 65.1 Å². The maximum atomic E-state index is 12.4. The first kappa shape index (κ1) is 28.3. The topological polar surface area (TPSA) is 83.8 Å². The lowest BCUT2D eigenvalue weighted by Crippen LogP contribution is -2.43. The summed E-state index contributed by atoms with van der Waals surface area (Å²) < 4.78 is 6.17.